The zero-order valence-corrected chi connectivity index (χ0v) is 23.4. The summed E-state index contributed by atoms with van der Waals surface area (Å²) in [5.41, 5.74) is -0.0676. The van der Waals surface area contributed by atoms with Crippen LogP contribution in [0.5, 0.6) is 0 Å². The average molecular weight is 548 g/mol. The van der Waals surface area contributed by atoms with Gasteiger partial charge in [-0.05, 0) is 31.8 Å². The topological polar surface area (TPSA) is 112 Å². The van der Waals surface area contributed by atoms with E-state index in [4.69, 9.17) is 4.42 Å². The summed E-state index contributed by atoms with van der Waals surface area (Å²) in [6.07, 6.45) is 7.07. The van der Waals surface area contributed by atoms with Crippen LogP contribution in [0.1, 0.15) is 58.1 Å². The Morgan fingerprint density at radius 2 is 1.86 bits per heavy atom. The van der Waals surface area contributed by atoms with Crippen molar-refractivity contribution in [2.24, 2.45) is 11.8 Å². The molecular weight excluding hydrogens is 510 g/mol. The second-order valence-corrected chi connectivity index (χ2v) is 13.0. The maximum absolute atomic E-state index is 13.0. The molecule has 2 saturated heterocycles. The van der Waals surface area contributed by atoms with Crippen LogP contribution in [0.15, 0.2) is 33.7 Å². The van der Waals surface area contributed by atoms with Gasteiger partial charge in [-0.2, -0.15) is 0 Å². The van der Waals surface area contributed by atoms with E-state index in [1.54, 1.807) is 29.1 Å². The SMILES string of the molecule is C=CC(=O)N1CCC(C(=O)N2CCC(C(O)Nc3ncc(SCc4ncc(C(C)(C)C)o4)s3)CC2)CC1. The molecule has 2 N–H and O–H groups in total. The average Bonchev–Trinajstić information content (AvgIpc) is 3.56. The first-order chi connectivity index (χ1) is 17.6. The van der Waals surface area contributed by atoms with E-state index < -0.39 is 6.23 Å². The summed E-state index contributed by atoms with van der Waals surface area (Å²) in [6, 6.07) is 0. The highest BCUT2D eigenvalue weighted by molar-refractivity contribution is 8.00. The van der Waals surface area contributed by atoms with E-state index in [0.29, 0.717) is 55.8 Å². The summed E-state index contributed by atoms with van der Waals surface area (Å²) in [5, 5.41) is 14.6. The summed E-state index contributed by atoms with van der Waals surface area (Å²) in [7, 11) is 0. The Hall–Kier alpha value is -2.37. The molecule has 0 bridgehead atoms. The largest absolute Gasteiger partial charge is 0.444 e. The number of amides is 2. The maximum atomic E-state index is 13.0. The number of hydrogen-bond donors (Lipinski definition) is 2. The number of piperidine rings is 2. The molecule has 11 heteroatoms. The van der Waals surface area contributed by atoms with E-state index in [1.807, 2.05) is 4.90 Å². The van der Waals surface area contributed by atoms with Gasteiger partial charge in [-0.3, -0.25) is 9.59 Å². The Kier molecular flexibility index (Phi) is 8.97. The normalized spacial score (nSPS) is 18.6. The summed E-state index contributed by atoms with van der Waals surface area (Å²) in [4.78, 5) is 37.2. The molecular formula is C26H37N5O4S2. The Morgan fingerprint density at radius 3 is 2.49 bits per heavy atom. The van der Waals surface area contributed by atoms with Gasteiger partial charge in [0, 0.05) is 43.4 Å². The lowest BCUT2D eigenvalue weighted by Crippen LogP contribution is -2.47. The second kappa shape index (κ2) is 12.0. The third-order valence-corrected chi connectivity index (χ3v) is 9.12. The summed E-state index contributed by atoms with van der Waals surface area (Å²) in [5.74, 6) is 2.31. The van der Waals surface area contributed by atoms with Crippen LogP contribution in [0.4, 0.5) is 5.13 Å². The third-order valence-electron chi connectivity index (χ3n) is 7.01. The molecule has 37 heavy (non-hydrogen) atoms. The van der Waals surface area contributed by atoms with Crippen molar-refractivity contribution in [3.8, 4) is 0 Å². The second-order valence-electron chi connectivity index (χ2n) is 10.7. The first-order valence-corrected chi connectivity index (χ1v) is 14.6. The molecule has 1 unspecified atom stereocenters. The van der Waals surface area contributed by atoms with Crippen LogP contribution in [0.3, 0.4) is 0 Å². The van der Waals surface area contributed by atoms with Gasteiger partial charge in [-0.1, -0.05) is 38.7 Å². The summed E-state index contributed by atoms with van der Waals surface area (Å²) < 4.78 is 6.87. The van der Waals surface area contributed by atoms with Crippen molar-refractivity contribution in [2.75, 3.05) is 31.5 Å². The number of aliphatic hydroxyl groups is 1. The summed E-state index contributed by atoms with van der Waals surface area (Å²) in [6.45, 7) is 12.3. The quantitative estimate of drug-likeness (QED) is 0.289. The first-order valence-electron chi connectivity index (χ1n) is 12.8. The Balaban J connectivity index is 1.19. The summed E-state index contributed by atoms with van der Waals surface area (Å²) >= 11 is 3.11. The third kappa shape index (κ3) is 7.14. The van der Waals surface area contributed by atoms with Gasteiger partial charge < -0.3 is 24.6 Å². The fraction of sp³-hybridized carbons (Fsp3) is 0.615. The smallest absolute Gasteiger partial charge is 0.245 e. The molecule has 2 aliphatic heterocycles. The fourth-order valence-corrected chi connectivity index (χ4v) is 6.42. The van der Waals surface area contributed by atoms with Crippen molar-refractivity contribution >= 4 is 40.0 Å². The van der Waals surface area contributed by atoms with Crippen molar-refractivity contribution in [3.05, 3.63) is 36.7 Å². The number of aliphatic hydroxyl groups excluding tert-OH is 1. The van der Waals surface area contributed by atoms with Crippen LogP contribution in [-0.4, -0.2) is 69.1 Å². The Bertz CT molecular complexity index is 1080. The lowest BCUT2D eigenvalue weighted by Gasteiger charge is -2.38. The molecule has 9 nitrogen and oxygen atoms in total. The molecule has 0 aromatic carbocycles. The monoisotopic (exact) mass is 547 g/mol. The minimum Gasteiger partial charge on any atom is -0.444 e. The number of hydrogen-bond acceptors (Lipinski definition) is 9. The van der Waals surface area contributed by atoms with E-state index >= 15 is 0 Å². The molecule has 1 atom stereocenters. The number of rotatable bonds is 8. The number of aromatic nitrogens is 2. The Labute approximate surface area is 226 Å². The zero-order chi connectivity index (χ0) is 26.6. The molecule has 0 aliphatic carbocycles. The number of oxazole rings is 1. The van der Waals surface area contributed by atoms with Gasteiger partial charge in [-0.15, -0.1) is 11.8 Å². The van der Waals surface area contributed by atoms with Crippen molar-refractivity contribution in [3.63, 3.8) is 0 Å². The van der Waals surface area contributed by atoms with E-state index in [1.165, 1.54) is 17.4 Å². The van der Waals surface area contributed by atoms with Gasteiger partial charge >= 0.3 is 0 Å². The number of thiazole rings is 1. The predicted molar refractivity (Wildman–Crippen MR) is 145 cm³/mol. The standard InChI is InChI=1S/C26H37N5O4S2/c1-5-21(32)30-10-8-18(9-11-30)24(34)31-12-6-17(7-13-31)23(33)29-25-28-15-22(37-25)36-16-20-27-14-19(35-20)26(2,3)4/h5,14-15,17-18,23,33H,1,6-13,16H2,2-4H3,(H,28,29). The Morgan fingerprint density at radius 1 is 1.19 bits per heavy atom. The van der Waals surface area contributed by atoms with E-state index in [-0.39, 0.29) is 29.1 Å². The molecule has 2 amide bonds. The first kappa shape index (κ1) is 27.7. The van der Waals surface area contributed by atoms with Crippen molar-refractivity contribution < 1.29 is 19.1 Å². The molecule has 4 heterocycles. The van der Waals surface area contributed by atoms with Crippen LogP contribution < -0.4 is 5.32 Å². The molecule has 4 rings (SSSR count). The van der Waals surface area contributed by atoms with Crippen molar-refractivity contribution in [1.29, 1.82) is 0 Å². The fourth-order valence-electron chi connectivity index (χ4n) is 4.66. The van der Waals surface area contributed by atoms with Gasteiger partial charge in [0.1, 0.15) is 12.0 Å². The zero-order valence-electron chi connectivity index (χ0n) is 21.8. The van der Waals surface area contributed by atoms with E-state index in [0.717, 1.165) is 22.8 Å². The van der Waals surface area contributed by atoms with Gasteiger partial charge in [0.15, 0.2) is 5.13 Å². The number of nitrogens with zero attached hydrogens (tertiary/aromatic N) is 4. The minimum atomic E-state index is -0.713. The number of carbonyl (C=O) groups is 2. The maximum Gasteiger partial charge on any atom is 0.245 e. The van der Waals surface area contributed by atoms with Crippen molar-refractivity contribution in [2.45, 2.75) is 68.1 Å². The highest BCUT2D eigenvalue weighted by Gasteiger charge is 2.33. The molecule has 0 saturated carbocycles. The van der Waals surface area contributed by atoms with Crippen LogP contribution in [0, 0.1) is 11.8 Å². The molecule has 0 radical (unpaired) electrons. The highest BCUT2D eigenvalue weighted by atomic mass is 32.2. The van der Waals surface area contributed by atoms with Crippen molar-refractivity contribution in [1.82, 2.24) is 19.8 Å². The lowest BCUT2D eigenvalue weighted by atomic mass is 9.91. The highest BCUT2D eigenvalue weighted by Crippen LogP contribution is 2.33. The van der Waals surface area contributed by atoms with E-state index in [9.17, 15) is 14.7 Å². The van der Waals surface area contributed by atoms with Crippen LogP contribution >= 0.6 is 23.1 Å². The lowest BCUT2D eigenvalue weighted by molar-refractivity contribution is -0.141. The molecule has 2 aromatic heterocycles. The molecule has 2 aliphatic rings. The number of thioether (sulfide) groups is 1. The molecule has 202 valence electrons. The van der Waals surface area contributed by atoms with Gasteiger partial charge in [-0.25, -0.2) is 9.97 Å². The number of anilines is 1. The minimum absolute atomic E-state index is 0.0314. The van der Waals surface area contributed by atoms with Gasteiger partial charge in [0.25, 0.3) is 0 Å². The van der Waals surface area contributed by atoms with Crippen LogP contribution in [0.2, 0.25) is 0 Å². The number of carbonyl (C=O) groups excluding carboxylic acids is 2. The van der Waals surface area contributed by atoms with E-state index in [2.05, 4.69) is 42.6 Å². The molecule has 2 fully saturated rings. The molecule has 2 aromatic rings. The van der Waals surface area contributed by atoms with Gasteiger partial charge in [0.2, 0.25) is 17.7 Å². The molecule has 0 spiro atoms. The number of nitrogens with one attached hydrogen (secondary N) is 1. The number of likely N-dealkylation sites (tertiary alicyclic amines) is 2. The predicted octanol–water partition coefficient (Wildman–Crippen LogP) is 4.11. The van der Waals surface area contributed by atoms with Crippen LogP contribution in [-0.2, 0) is 20.8 Å². The van der Waals surface area contributed by atoms with Gasteiger partial charge in [0.05, 0.1) is 22.4 Å². The van der Waals surface area contributed by atoms with Crippen LogP contribution in [0.25, 0.3) is 0 Å².